The number of para-hydroxylation sites is 1. The minimum atomic E-state index is 0.303. The lowest BCUT2D eigenvalue weighted by atomic mass is 10.1. The van der Waals surface area contributed by atoms with Crippen LogP contribution in [0.25, 0.3) is 10.2 Å². The van der Waals surface area contributed by atoms with E-state index in [0.29, 0.717) is 6.04 Å². The lowest BCUT2D eigenvalue weighted by molar-refractivity contribution is 0.519. The standard InChI is InChI=1S/C16H25N3S/c1-2-3-7-13(17)12-18-11-6-10-16-19-14-8-4-5-9-15(14)20-16/h4-5,8-9,13,18H,2-3,6-7,10-12,17H2,1H3. The summed E-state index contributed by atoms with van der Waals surface area (Å²) in [6, 6.07) is 8.65. The normalized spacial score (nSPS) is 12.9. The maximum absolute atomic E-state index is 6.03. The van der Waals surface area contributed by atoms with E-state index in [2.05, 4.69) is 35.4 Å². The minimum Gasteiger partial charge on any atom is -0.327 e. The van der Waals surface area contributed by atoms with Crippen LogP contribution in [0.15, 0.2) is 24.3 Å². The van der Waals surface area contributed by atoms with Crippen LogP contribution in [0, 0.1) is 0 Å². The molecule has 1 unspecified atom stereocenters. The van der Waals surface area contributed by atoms with Crippen LogP contribution in [0.4, 0.5) is 0 Å². The van der Waals surface area contributed by atoms with Crippen molar-refractivity contribution in [2.24, 2.45) is 5.73 Å². The van der Waals surface area contributed by atoms with Crippen LogP contribution in [-0.4, -0.2) is 24.1 Å². The zero-order chi connectivity index (χ0) is 14.2. The third-order valence-corrected chi connectivity index (χ3v) is 4.51. The van der Waals surface area contributed by atoms with Crippen molar-refractivity contribution < 1.29 is 0 Å². The van der Waals surface area contributed by atoms with Crippen molar-refractivity contribution in [2.75, 3.05) is 13.1 Å². The second-order valence-electron chi connectivity index (χ2n) is 5.29. The molecule has 1 aromatic heterocycles. The van der Waals surface area contributed by atoms with Gasteiger partial charge in [0, 0.05) is 19.0 Å². The number of unbranched alkanes of at least 4 members (excludes halogenated alkanes) is 1. The molecule has 20 heavy (non-hydrogen) atoms. The molecule has 0 bridgehead atoms. The molecule has 1 heterocycles. The number of nitrogens with two attached hydrogens (primary N) is 1. The van der Waals surface area contributed by atoms with Crippen molar-refractivity contribution in [1.82, 2.24) is 10.3 Å². The molecule has 2 rings (SSSR count). The van der Waals surface area contributed by atoms with E-state index >= 15 is 0 Å². The van der Waals surface area contributed by atoms with Crippen molar-refractivity contribution in [3.63, 3.8) is 0 Å². The van der Waals surface area contributed by atoms with Gasteiger partial charge >= 0.3 is 0 Å². The van der Waals surface area contributed by atoms with Gasteiger partial charge < -0.3 is 11.1 Å². The Morgan fingerprint density at radius 1 is 1.30 bits per heavy atom. The number of fused-ring (bicyclic) bond motifs is 1. The molecule has 0 aliphatic heterocycles. The van der Waals surface area contributed by atoms with E-state index in [1.165, 1.54) is 22.5 Å². The van der Waals surface area contributed by atoms with Crippen molar-refractivity contribution in [3.05, 3.63) is 29.3 Å². The molecule has 0 aliphatic carbocycles. The molecule has 3 nitrogen and oxygen atoms in total. The first-order chi connectivity index (χ1) is 9.79. The average molecular weight is 291 g/mol. The zero-order valence-electron chi connectivity index (χ0n) is 12.3. The summed E-state index contributed by atoms with van der Waals surface area (Å²) < 4.78 is 1.29. The van der Waals surface area contributed by atoms with Crippen LogP contribution >= 0.6 is 11.3 Å². The molecular weight excluding hydrogens is 266 g/mol. The molecule has 0 spiro atoms. The number of benzene rings is 1. The van der Waals surface area contributed by atoms with E-state index in [1.807, 2.05) is 17.4 Å². The predicted molar refractivity (Wildman–Crippen MR) is 88.3 cm³/mol. The number of aromatic nitrogens is 1. The van der Waals surface area contributed by atoms with Gasteiger partial charge in [0.2, 0.25) is 0 Å². The van der Waals surface area contributed by atoms with Crippen LogP contribution < -0.4 is 11.1 Å². The molecule has 110 valence electrons. The van der Waals surface area contributed by atoms with Gasteiger partial charge in [-0.15, -0.1) is 11.3 Å². The van der Waals surface area contributed by atoms with Gasteiger partial charge in [-0.3, -0.25) is 0 Å². The van der Waals surface area contributed by atoms with Crippen LogP contribution in [0.2, 0.25) is 0 Å². The summed E-state index contributed by atoms with van der Waals surface area (Å²) in [5, 5.41) is 4.69. The highest BCUT2D eigenvalue weighted by atomic mass is 32.1. The fourth-order valence-corrected chi connectivity index (χ4v) is 3.26. The number of hydrogen-bond acceptors (Lipinski definition) is 4. The Morgan fingerprint density at radius 2 is 2.15 bits per heavy atom. The van der Waals surface area contributed by atoms with Gasteiger partial charge in [0.15, 0.2) is 0 Å². The van der Waals surface area contributed by atoms with Gasteiger partial charge in [-0.05, 0) is 31.5 Å². The van der Waals surface area contributed by atoms with Gasteiger partial charge in [0.25, 0.3) is 0 Å². The molecule has 0 saturated heterocycles. The smallest absolute Gasteiger partial charge is 0.0939 e. The number of hydrogen-bond donors (Lipinski definition) is 2. The Balaban J connectivity index is 1.63. The Labute approximate surface area is 125 Å². The number of thiazole rings is 1. The second-order valence-corrected chi connectivity index (χ2v) is 6.40. The summed E-state index contributed by atoms with van der Waals surface area (Å²) >= 11 is 1.81. The highest BCUT2D eigenvalue weighted by Crippen LogP contribution is 2.22. The molecule has 3 N–H and O–H groups in total. The quantitative estimate of drug-likeness (QED) is 0.697. The third kappa shape index (κ3) is 4.85. The lowest BCUT2D eigenvalue weighted by Crippen LogP contribution is -2.34. The first-order valence-electron chi connectivity index (χ1n) is 7.60. The molecule has 0 radical (unpaired) electrons. The van der Waals surface area contributed by atoms with Gasteiger partial charge in [0.05, 0.1) is 15.2 Å². The van der Waals surface area contributed by atoms with E-state index in [0.717, 1.165) is 37.9 Å². The molecular formula is C16H25N3S. The van der Waals surface area contributed by atoms with Gasteiger partial charge in [-0.1, -0.05) is 31.9 Å². The predicted octanol–water partition coefficient (Wildman–Crippen LogP) is 3.34. The van der Waals surface area contributed by atoms with Crippen LogP contribution in [0.5, 0.6) is 0 Å². The van der Waals surface area contributed by atoms with E-state index < -0.39 is 0 Å². The Kier molecular flexibility index (Phi) is 6.43. The molecule has 0 fully saturated rings. The van der Waals surface area contributed by atoms with Crippen molar-refractivity contribution in [1.29, 1.82) is 0 Å². The van der Waals surface area contributed by atoms with Crippen molar-refractivity contribution in [2.45, 2.75) is 45.1 Å². The topological polar surface area (TPSA) is 50.9 Å². The zero-order valence-corrected chi connectivity index (χ0v) is 13.1. The fourth-order valence-electron chi connectivity index (χ4n) is 2.25. The molecule has 0 amide bonds. The van der Waals surface area contributed by atoms with Crippen molar-refractivity contribution >= 4 is 21.6 Å². The summed E-state index contributed by atoms with van der Waals surface area (Å²) in [5.74, 6) is 0. The van der Waals surface area contributed by atoms with E-state index in [-0.39, 0.29) is 0 Å². The largest absolute Gasteiger partial charge is 0.327 e. The minimum absolute atomic E-state index is 0.303. The van der Waals surface area contributed by atoms with Crippen molar-refractivity contribution in [3.8, 4) is 0 Å². The summed E-state index contributed by atoms with van der Waals surface area (Å²) in [4.78, 5) is 4.65. The number of nitrogens with zero attached hydrogens (tertiary/aromatic N) is 1. The summed E-state index contributed by atoms with van der Waals surface area (Å²) in [6.45, 7) is 4.16. The monoisotopic (exact) mass is 291 g/mol. The van der Waals surface area contributed by atoms with Gasteiger partial charge in [0.1, 0.15) is 0 Å². The molecule has 1 atom stereocenters. The Morgan fingerprint density at radius 3 is 2.95 bits per heavy atom. The fraction of sp³-hybridized carbons (Fsp3) is 0.562. The Bertz CT molecular complexity index is 476. The summed E-state index contributed by atoms with van der Waals surface area (Å²) in [5.41, 5.74) is 7.16. The molecule has 1 aromatic carbocycles. The first kappa shape index (κ1) is 15.4. The molecule has 2 aromatic rings. The van der Waals surface area contributed by atoms with E-state index in [4.69, 9.17) is 5.73 Å². The SMILES string of the molecule is CCCCC(N)CNCCCc1nc2ccccc2s1. The Hall–Kier alpha value is -0.970. The van der Waals surface area contributed by atoms with Crippen LogP contribution in [0.3, 0.4) is 0 Å². The second kappa shape index (κ2) is 8.35. The van der Waals surface area contributed by atoms with E-state index in [1.54, 1.807) is 0 Å². The number of aryl methyl sites for hydroxylation is 1. The summed E-state index contributed by atoms with van der Waals surface area (Å²) in [6.07, 6.45) is 5.76. The average Bonchev–Trinajstić information content (AvgIpc) is 2.87. The highest BCUT2D eigenvalue weighted by Gasteiger charge is 2.03. The van der Waals surface area contributed by atoms with Crippen LogP contribution in [-0.2, 0) is 6.42 Å². The highest BCUT2D eigenvalue weighted by molar-refractivity contribution is 7.18. The first-order valence-corrected chi connectivity index (χ1v) is 8.42. The number of rotatable bonds is 9. The van der Waals surface area contributed by atoms with Gasteiger partial charge in [-0.2, -0.15) is 0 Å². The maximum atomic E-state index is 6.03. The van der Waals surface area contributed by atoms with Gasteiger partial charge in [-0.25, -0.2) is 4.98 Å². The third-order valence-electron chi connectivity index (χ3n) is 3.42. The summed E-state index contributed by atoms with van der Waals surface area (Å²) in [7, 11) is 0. The lowest BCUT2D eigenvalue weighted by Gasteiger charge is -2.11. The molecule has 0 aliphatic rings. The number of nitrogens with one attached hydrogen (secondary N) is 1. The van der Waals surface area contributed by atoms with Crippen LogP contribution in [0.1, 0.15) is 37.6 Å². The molecule has 0 saturated carbocycles. The molecule has 4 heteroatoms. The maximum Gasteiger partial charge on any atom is 0.0939 e. The van der Waals surface area contributed by atoms with E-state index in [9.17, 15) is 0 Å².